The molecule has 412 valence electrons. The van der Waals surface area contributed by atoms with Crippen molar-refractivity contribution in [3.63, 3.8) is 0 Å². The lowest BCUT2D eigenvalue weighted by molar-refractivity contribution is 0.0956. The number of rotatable bonds is 5. The number of aromatic nitrogens is 4. The summed E-state index contributed by atoms with van der Waals surface area (Å²) in [5.74, 6) is -6.53. The predicted molar refractivity (Wildman–Crippen MR) is 315 cm³/mol. The normalized spacial score (nSPS) is 16.4. The molecule has 0 radical (unpaired) electrons. The zero-order chi connectivity index (χ0) is 59.7. The standard InChI is InChI=1S/C65H30F4N8O5S4/c1-64(2)37-13-27(11-35-47(25(21-70)22-71)31-15-39(66)41(68)17-33(31)57(35)78)83-60(37)63-44(82-64)20-46(86-63)50-53-52(74-9-10-75-53)49(55-54(50)76-51-29-7-5-6-8-30(29)59(80)56(51)77-55)45-19-38-61(85-45)62-43(81-65(38,3)4)14-28(84-62)12-36-48(26(23-72)24-73)32-16-40(67)42(69)18-34(32)58(36)79/h5-10,12-20,35H,11H2,1-4H3/b36-12-. The van der Waals surface area contributed by atoms with Crippen molar-refractivity contribution in [2.24, 2.45) is 5.92 Å². The molecule has 13 nitrogen and oxygen atoms in total. The minimum Gasteiger partial charge on any atom is -0.482 e. The van der Waals surface area contributed by atoms with E-state index in [1.54, 1.807) is 42.7 Å². The van der Waals surface area contributed by atoms with Crippen LogP contribution in [0.25, 0.3) is 90.9 Å². The lowest BCUT2D eigenvalue weighted by Crippen LogP contribution is -2.27. The summed E-state index contributed by atoms with van der Waals surface area (Å²) in [4.78, 5) is 68.7. The highest BCUT2D eigenvalue weighted by atomic mass is 32.1. The van der Waals surface area contributed by atoms with Gasteiger partial charge in [-0.1, -0.05) is 24.3 Å². The van der Waals surface area contributed by atoms with Gasteiger partial charge in [0.15, 0.2) is 34.8 Å². The molecule has 0 N–H and O–H groups in total. The number of fused-ring (bicyclic) bond motifs is 13. The van der Waals surface area contributed by atoms with Crippen LogP contribution >= 0.6 is 45.3 Å². The van der Waals surface area contributed by atoms with Crippen LogP contribution in [-0.4, -0.2) is 37.3 Å². The number of Topliss-reactive ketones (excluding diaryl/α,β-unsaturated/α-hetero) is 2. The van der Waals surface area contributed by atoms with Crippen LogP contribution in [0.5, 0.6) is 11.5 Å². The van der Waals surface area contributed by atoms with E-state index in [1.807, 2.05) is 70.2 Å². The molecule has 0 amide bonds. The number of carbonyl (C=O) groups is 3. The summed E-state index contributed by atoms with van der Waals surface area (Å²) in [6, 6.07) is 25.3. The quantitative estimate of drug-likeness (QED) is 0.0679. The van der Waals surface area contributed by atoms with Gasteiger partial charge < -0.3 is 9.47 Å². The highest BCUT2D eigenvalue weighted by Crippen LogP contribution is 2.59. The number of hydrogen-bond acceptors (Lipinski definition) is 17. The fourth-order valence-corrected chi connectivity index (χ4v) is 17.4. The smallest absolute Gasteiger partial charge is 0.214 e. The number of carbonyl (C=O) groups excluding carboxylic acids is 3. The number of ether oxygens (including phenoxy) is 2. The van der Waals surface area contributed by atoms with Gasteiger partial charge in [0.25, 0.3) is 0 Å². The Bertz CT molecular complexity index is 5210. The number of hydrogen-bond donors (Lipinski definition) is 0. The van der Waals surface area contributed by atoms with Gasteiger partial charge in [0, 0.05) is 87.6 Å². The van der Waals surface area contributed by atoms with Crippen LogP contribution < -0.4 is 9.47 Å². The summed E-state index contributed by atoms with van der Waals surface area (Å²) < 4.78 is 72.1. The molecule has 1 atom stereocenters. The van der Waals surface area contributed by atoms with Crippen LogP contribution in [-0.2, 0) is 17.6 Å². The summed E-state index contributed by atoms with van der Waals surface area (Å²) in [6.45, 7) is 7.64. The Morgan fingerprint density at radius 3 is 1.76 bits per heavy atom. The van der Waals surface area contributed by atoms with Gasteiger partial charge >= 0.3 is 0 Å². The van der Waals surface area contributed by atoms with Crippen LogP contribution in [0.4, 0.5) is 17.6 Å². The molecule has 8 heterocycles. The molecule has 0 spiro atoms. The molecule has 10 aromatic rings. The molecule has 5 aliphatic rings. The van der Waals surface area contributed by atoms with E-state index in [4.69, 9.17) is 29.4 Å². The number of nitriles is 4. The van der Waals surface area contributed by atoms with Gasteiger partial charge in [-0.25, -0.2) is 27.5 Å². The Morgan fingerprint density at radius 1 is 0.570 bits per heavy atom. The maximum Gasteiger partial charge on any atom is 0.214 e. The third-order valence-corrected chi connectivity index (χ3v) is 20.9. The summed E-state index contributed by atoms with van der Waals surface area (Å²) in [5.41, 5.74) is 2.71. The van der Waals surface area contributed by atoms with Crippen LogP contribution in [0.15, 0.2) is 102 Å². The van der Waals surface area contributed by atoms with E-state index in [2.05, 4.69) is 0 Å². The maximum absolute atomic E-state index is 14.7. The van der Waals surface area contributed by atoms with Gasteiger partial charge in [0.05, 0.1) is 25.4 Å². The van der Waals surface area contributed by atoms with Crippen molar-refractivity contribution in [2.75, 3.05) is 0 Å². The van der Waals surface area contributed by atoms with Gasteiger partial charge in [0.2, 0.25) is 5.78 Å². The van der Waals surface area contributed by atoms with Gasteiger partial charge in [0.1, 0.15) is 91.6 Å². The molecule has 0 bridgehead atoms. The zero-order valence-electron chi connectivity index (χ0n) is 44.7. The van der Waals surface area contributed by atoms with Crippen LogP contribution in [0.3, 0.4) is 0 Å². The van der Waals surface area contributed by atoms with Crippen molar-refractivity contribution in [1.29, 1.82) is 21.0 Å². The number of benzene rings is 4. The van der Waals surface area contributed by atoms with E-state index in [0.29, 0.717) is 85.9 Å². The van der Waals surface area contributed by atoms with Gasteiger partial charge in [-0.3, -0.25) is 24.4 Å². The molecule has 86 heavy (non-hydrogen) atoms. The Morgan fingerprint density at radius 2 is 1.10 bits per heavy atom. The number of halogens is 4. The summed E-state index contributed by atoms with van der Waals surface area (Å²) >= 11 is 5.49. The van der Waals surface area contributed by atoms with Gasteiger partial charge in [-0.05, 0) is 105 Å². The van der Waals surface area contributed by atoms with E-state index in [-0.39, 0.29) is 62.4 Å². The maximum atomic E-state index is 14.7. The van der Waals surface area contributed by atoms with Crippen molar-refractivity contribution < 1.29 is 41.4 Å². The first-order valence-electron chi connectivity index (χ1n) is 26.3. The first-order valence-corrected chi connectivity index (χ1v) is 29.5. The number of nitrogens with zero attached hydrogens (tertiary/aromatic N) is 8. The molecule has 15 rings (SSSR count). The van der Waals surface area contributed by atoms with E-state index >= 15 is 0 Å². The largest absolute Gasteiger partial charge is 0.482 e. The minimum absolute atomic E-state index is 0.00829. The average Bonchev–Trinajstić information content (AvgIpc) is 1.46. The molecule has 2 aliphatic heterocycles. The Balaban J connectivity index is 0.890. The van der Waals surface area contributed by atoms with Gasteiger partial charge in [-0.2, -0.15) is 21.0 Å². The Kier molecular flexibility index (Phi) is 11.3. The van der Waals surface area contributed by atoms with Crippen molar-refractivity contribution in [1.82, 2.24) is 19.9 Å². The molecule has 0 saturated carbocycles. The highest BCUT2D eigenvalue weighted by Gasteiger charge is 2.44. The number of thiophene rings is 4. The number of allylic oxidation sites excluding steroid dienone is 5. The molecule has 0 fully saturated rings. The van der Waals surface area contributed by atoms with E-state index in [9.17, 15) is 53.0 Å². The van der Waals surface area contributed by atoms with E-state index in [0.717, 1.165) is 50.0 Å². The first-order chi connectivity index (χ1) is 41.3. The minimum atomic E-state index is -1.25. The van der Waals surface area contributed by atoms with Crippen LogP contribution in [0.2, 0.25) is 0 Å². The molecule has 3 aliphatic carbocycles. The van der Waals surface area contributed by atoms with E-state index < -0.39 is 57.5 Å². The molecule has 21 heteroatoms. The Labute approximate surface area is 499 Å². The second kappa shape index (κ2) is 18.4. The predicted octanol–water partition coefficient (Wildman–Crippen LogP) is 15.4. The summed E-state index contributed by atoms with van der Waals surface area (Å²) in [6.07, 6.45) is 4.66. The van der Waals surface area contributed by atoms with Crippen molar-refractivity contribution in [2.45, 2.75) is 45.3 Å². The van der Waals surface area contributed by atoms with Crippen molar-refractivity contribution >= 4 is 102 Å². The first kappa shape index (κ1) is 52.7. The van der Waals surface area contributed by atoms with Crippen molar-refractivity contribution in [3.8, 4) is 87.4 Å². The van der Waals surface area contributed by atoms with Crippen molar-refractivity contribution in [3.05, 3.63) is 180 Å². The molecule has 6 aromatic heterocycles. The molecular formula is C65H30F4N8O5S4. The molecule has 4 aromatic carbocycles. The Hall–Kier alpha value is -10.1. The third-order valence-electron chi connectivity index (χ3n) is 16.1. The molecular weight excluding hydrogens is 1180 g/mol. The van der Waals surface area contributed by atoms with Crippen LogP contribution in [0.1, 0.15) is 96.5 Å². The van der Waals surface area contributed by atoms with Crippen LogP contribution in [0, 0.1) is 74.5 Å². The fourth-order valence-electron chi connectivity index (χ4n) is 12.3. The molecule has 1 unspecified atom stereocenters. The van der Waals surface area contributed by atoms with Gasteiger partial charge in [-0.15, -0.1) is 45.3 Å². The van der Waals surface area contributed by atoms with E-state index in [1.165, 1.54) is 51.4 Å². The average molecular weight is 1210 g/mol. The second-order valence-corrected chi connectivity index (χ2v) is 26.1. The topological polar surface area (TPSA) is 216 Å². The highest BCUT2D eigenvalue weighted by molar-refractivity contribution is 7.25. The summed E-state index contributed by atoms with van der Waals surface area (Å²) in [7, 11) is 0. The lowest BCUT2D eigenvalue weighted by atomic mass is 9.90. The lowest BCUT2D eigenvalue weighted by Gasteiger charge is -2.31. The third kappa shape index (κ3) is 7.42. The number of ketones is 3. The zero-order valence-corrected chi connectivity index (χ0v) is 48.0. The SMILES string of the molecule is CC1(C)Oc2cc(-c3c4nccnc4c(-c4cc5c(s4)-c4sc(/C=C6\C(=O)c7cc(F)c(F)cc7C6=C(C#N)C#N)cc4OC5(C)C)c4nc5c(nc34)-c3ccccc3C5=O)sc2-c2sc(CC3C(=O)c4cc(F)c(F)cc4C3=C(C#N)C#N)cc21. The molecule has 0 saturated heterocycles. The fraction of sp³-hybridized carbons (Fsp3) is 0.123. The monoisotopic (exact) mass is 1210 g/mol. The second-order valence-electron chi connectivity index (χ2n) is 21.8. The summed E-state index contributed by atoms with van der Waals surface area (Å²) in [5, 5.41) is 40.0.